The summed E-state index contributed by atoms with van der Waals surface area (Å²) in [5, 5.41) is 3.06. The molecule has 1 aromatic carbocycles. The smallest absolute Gasteiger partial charge is 0.144 e. The van der Waals surface area contributed by atoms with Crippen LogP contribution in [0.15, 0.2) is 33.6 Å². The molecule has 1 N–H and O–H groups in total. The molecule has 0 amide bonds. The molecule has 0 aliphatic carbocycles. The summed E-state index contributed by atoms with van der Waals surface area (Å²) in [5.74, 6) is 2.06. The van der Waals surface area contributed by atoms with Gasteiger partial charge in [-0.2, -0.15) is 0 Å². The molecule has 0 saturated carbocycles. The van der Waals surface area contributed by atoms with Gasteiger partial charge >= 0.3 is 0 Å². The first-order chi connectivity index (χ1) is 10.0. The number of nitrogens with one attached hydrogen (secondary N) is 1. The number of hydrogen-bond acceptors (Lipinski definition) is 4. The summed E-state index contributed by atoms with van der Waals surface area (Å²) in [6.45, 7) is 4.17. The van der Waals surface area contributed by atoms with Crippen molar-refractivity contribution in [2.75, 3.05) is 12.4 Å². The lowest BCUT2D eigenvalue weighted by Crippen LogP contribution is -2.06. The van der Waals surface area contributed by atoms with Crippen molar-refractivity contribution >= 4 is 33.5 Å². The molecule has 6 heteroatoms. The highest BCUT2D eigenvalue weighted by atomic mass is 79.9. The molecule has 2 rings (SSSR count). The van der Waals surface area contributed by atoms with Crippen molar-refractivity contribution < 1.29 is 4.39 Å². The minimum atomic E-state index is -0.211. The van der Waals surface area contributed by atoms with Crippen molar-refractivity contribution in [1.29, 1.82) is 0 Å². The van der Waals surface area contributed by atoms with Crippen LogP contribution in [-0.2, 0) is 5.75 Å². The third kappa shape index (κ3) is 3.95. The van der Waals surface area contributed by atoms with E-state index in [9.17, 15) is 4.39 Å². The van der Waals surface area contributed by atoms with E-state index >= 15 is 0 Å². The summed E-state index contributed by atoms with van der Waals surface area (Å²) < 4.78 is 14.5. The van der Waals surface area contributed by atoms with Gasteiger partial charge in [-0.25, -0.2) is 14.4 Å². The topological polar surface area (TPSA) is 37.8 Å². The van der Waals surface area contributed by atoms with Crippen LogP contribution in [0.3, 0.4) is 0 Å². The molecule has 0 atom stereocenters. The van der Waals surface area contributed by atoms with Gasteiger partial charge in [0.15, 0.2) is 0 Å². The molecule has 0 bridgehead atoms. The van der Waals surface area contributed by atoms with Gasteiger partial charge in [0, 0.05) is 11.9 Å². The van der Waals surface area contributed by atoms with E-state index in [1.165, 1.54) is 17.8 Å². The van der Waals surface area contributed by atoms with E-state index in [1.54, 1.807) is 12.1 Å². The molecule has 3 nitrogen and oxygen atoms in total. The average Bonchev–Trinajstić information content (AvgIpc) is 2.47. The Hall–Kier alpha value is -1.14. The van der Waals surface area contributed by atoms with Crippen LogP contribution in [0.1, 0.15) is 31.3 Å². The van der Waals surface area contributed by atoms with Crippen LogP contribution in [-0.4, -0.2) is 17.0 Å². The highest BCUT2D eigenvalue weighted by molar-refractivity contribution is 9.10. The number of halogens is 2. The summed E-state index contributed by atoms with van der Waals surface area (Å²) >= 11 is 4.93. The Labute approximate surface area is 136 Å². The Kier molecular flexibility index (Phi) is 5.58. The highest BCUT2D eigenvalue weighted by Gasteiger charge is 2.14. The molecule has 2 aromatic rings. The predicted octanol–water partition coefficient (Wildman–Crippen LogP) is 4.84. The lowest BCUT2D eigenvalue weighted by Gasteiger charge is -2.13. The van der Waals surface area contributed by atoms with Gasteiger partial charge in [-0.3, -0.25) is 0 Å². The minimum Gasteiger partial charge on any atom is -0.372 e. The summed E-state index contributed by atoms with van der Waals surface area (Å²) in [5.41, 5.74) is 0.957. The number of benzene rings is 1. The van der Waals surface area contributed by atoms with Crippen molar-refractivity contribution in [2.45, 2.75) is 30.4 Å². The van der Waals surface area contributed by atoms with Crippen molar-refractivity contribution in [1.82, 2.24) is 9.97 Å². The van der Waals surface area contributed by atoms with E-state index in [4.69, 9.17) is 0 Å². The Morgan fingerprint density at radius 3 is 2.62 bits per heavy atom. The summed E-state index contributed by atoms with van der Waals surface area (Å²) in [7, 11) is 1.82. The lowest BCUT2D eigenvalue weighted by molar-refractivity contribution is 0.602. The molecular weight excluding hydrogens is 353 g/mol. The zero-order valence-corrected chi connectivity index (χ0v) is 14.6. The Morgan fingerprint density at radius 2 is 2.00 bits per heavy atom. The van der Waals surface area contributed by atoms with Gasteiger partial charge in [0.25, 0.3) is 0 Å². The van der Waals surface area contributed by atoms with Gasteiger partial charge in [0.1, 0.15) is 17.5 Å². The second-order valence-electron chi connectivity index (χ2n) is 4.81. The highest BCUT2D eigenvalue weighted by Crippen LogP contribution is 2.30. The number of rotatable bonds is 5. The first-order valence-corrected chi connectivity index (χ1v) is 8.42. The van der Waals surface area contributed by atoms with Gasteiger partial charge in [0.2, 0.25) is 0 Å². The molecule has 0 radical (unpaired) electrons. The third-order valence-electron chi connectivity index (χ3n) is 2.90. The molecule has 0 aliphatic rings. The maximum Gasteiger partial charge on any atom is 0.144 e. The van der Waals surface area contributed by atoms with E-state index in [2.05, 4.69) is 45.1 Å². The fourth-order valence-corrected chi connectivity index (χ4v) is 3.46. The Morgan fingerprint density at radius 1 is 1.29 bits per heavy atom. The van der Waals surface area contributed by atoms with E-state index in [0.29, 0.717) is 16.5 Å². The van der Waals surface area contributed by atoms with Crippen molar-refractivity contribution in [3.8, 4) is 0 Å². The zero-order valence-electron chi connectivity index (χ0n) is 12.2. The lowest BCUT2D eigenvalue weighted by atomic mass is 10.1. The molecule has 0 saturated heterocycles. The second kappa shape index (κ2) is 7.22. The molecule has 1 aromatic heterocycles. The molecule has 0 spiro atoms. The minimum absolute atomic E-state index is 0.211. The molecule has 112 valence electrons. The van der Waals surface area contributed by atoms with E-state index in [-0.39, 0.29) is 11.7 Å². The standard InChI is InChI=1S/C15H17BrFN3S/c1-9(2)14-13(16)15(18-3)20-12(19-14)8-21-11-7-5-4-6-10(11)17/h4-7,9H,8H2,1-3H3,(H,18,19,20). The van der Waals surface area contributed by atoms with E-state index in [0.717, 1.165) is 16.0 Å². The SMILES string of the molecule is CNc1nc(CSc2ccccc2F)nc(C(C)C)c1Br. The van der Waals surface area contributed by atoms with E-state index < -0.39 is 0 Å². The molecule has 0 fully saturated rings. The van der Waals surface area contributed by atoms with Crippen molar-refractivity contribution in [3.63, 3.8) is 0 Å². The van der Waals surface area contributed by atoms with Crippen LogP contribution >= 0.6 is 27.7 Å². The first-order valence-electron chi connectivity index (χ1n) is 6.64. The number of nitrogens with zero attached hydrogens (tertiary/aromatic N) is 2. The molecular formula is C15H17BrFN3S. The largest absolute Gasteiger partial charge is 0.372 e. The van der Waals surface area contributed by atoms with Crippen LogP contribution in [0.25, 0.3) is 0 Å². The van der Waals surface area contributed by atoms with Crippen LogP contribution in [0.2, 0.25) is 0 Å². The quantitative estimate of drug-likeness (QED) is 0.765. The third-order valence-corrected chi connectivity index (χ3v) is 4.73. The van der Waals surface area contributed by atoms with Crippen molar-refractivity contribution in [2.24, 2.45) is 0 Å². The zero-order chi connectivity index (χ0) is 15.4. The van der Waals surface area contributed by atoms with E-state index in [1.807, 2.05) is 13.1 Å². The molecule has 0 unspecified atom stereocenters. The molecule has 0 aliphatic heterocycles. The summed E-state index contributed by atoms with van der Waals surface area (Å²) in [6, 6.07) is 6.74. The second-order valence-corrected chi connectivity index (χ2v) is 6.62. The normalized spacial score (nSPS) is 11.0. The number of aromatic nitrogens is 2. The number of anilines is 1. The number of thioether (sulfide) groups is 1. The summed E-state index contributed by atoms with van der Waals surface area (Å²) in [6.07, 6.45) is 0. The number of hydrogen-bond donors (Lipinski definition) is 1. The molecule has 21 heavy (non-hydrogen) atoms. The van der Waals surface area contributed by atoms with Gasteiger partial charge in [-0.1, -0.05) is 26.0 Å². The maximum atomic E-state index is 13.6. The van der Waals surface area contributed by atoms with Gasteiger partial charge in [-0.05, 0) is 34.0 Å². The Bertz CT molecular complexity index is 634. The first kappa shape index (κ1) is 16.2. The van der Waals surface area contributed by atoms with Gasteiger partial charge < -0.3 is 5.32 Å². The van der Waals surface area contributed by atoms with Gasteiger partial charge in [0.05, 0.1) is 15.9 Å². The van der Waals surface area contributed by atoms with Crippen LogP contribution < -0.4 is 5.32 Å². The van der Waals surface area contributed by atoms with Crippen LogP contribution in [0, 0.1) is 5.82 Å². The summed E-state index contributed by atoms with van der Waals surface area (Å²) in [4.78, 5) is 9.66. The van der Waals surface area contributed by atoms with Gasteiger partial charge in [-0.15, -0.1) is 11.8 Å². The maximum absolute atomic E-state index is 13.6. The predicted molar refractivity (Wildman–Crippen MR) is 89.3 cm³/mol. The fourth-order valence-electron chi connectivity index (χ4n) is 1.83. The average molecular weight is 370 g/mol. The van der Waals surface area contributed by atoms with Crippen LogP contribution in [0.5, 0.6) is 0 Å². The van der Waals surface area contributed by atoms with Crippen molar-refractivity contribution in [3.05, 3.63) is 46.1 Å². The Balaban J connectivity index is 2.24. The van der Waals surface area contributed by atoms with Crippen LogP contribution in [0.4, 0.5) is 10.2 Å². The molecule has 1 heterocycles. The monoisotopic (exact) mass is 369 g/mol. The fraction of sp³-hybridized carbons (Fsp3) is 0.333.